The van der Waals surface area contributed by atoms with Gasteiger partial charge in [-0.2, -0.15) is 5.26 Å². The van der Waals surface area contributed by atoms with Crippen LogP contribution in [0.15, 0.2) is 35.4 Å². The fourth-order valence-electron chi connectivity index (χ4n) is 4.61. The van der Waals surface area contributed by atoms with E-state index in [-0.39, 0.29) is 5.56 Å². The van der Waals surface area contributed by atoms with E-state index >= 15 is 0 Å². The number of piperazine rings is 1. The summed E-state index contributed by atoms with van der Waals surface area (Å²) in [7, 11) is 2.12. The molecule has 2 aliphatic heterocycles. The summed E-state index contributed by atoms with van der Waals surface area (Å²) in [5.74, 6) is 0. The van der Waals surface area contributed by atoms with Crippen LogP contribution in [0.1, 0.15) is 16.0 Å². The number of fused-ring (bicyclic) bond motifs is 3. The van der Waals surface area contributed by atoms with Crippen molar-refractivity contribution in [2.24, 2.45) is 0 Å². The summed E-state index contributed by atoms with van der Waals surface area (Å²) in [6, 6.07) is 10.1. The van der Waals surface area contributed by atoms with E-state index in [1.807, 2.05) is 24.3 Å². The Labute approximate surface area is 185 Å². The van der Waals surface area contributed by atoms with Crippen LogP contribution in [0.5, 0.6) is 0 Å². The summed E-state index contributed by atoms with van der Waals surface area (Å²) in [6.07, 6.45) is 2.65. The standard InChI is InChI=1S/C23H26N6OS/c1-26-7-6-18-20(15-26)31-22-21(18)23(30)29(16-25-22)13-10-27-8-11-28(12-9-27)19-5-3-2-4-17(19)14-24/h2-5,16H,6-13,15H2,1H3. The minimum absolute atomic E-state index is 0.105. The predicted octanol–water partition coefficient (Wildman–Crippen LogP) is 2.14. The SMILES string of the molecule is CN1CCc2c(sc3ncn(CCN4CCN(c5ccccc5C#N)CC4)c(=O)c23)C1. The Morgan fingerprint density at radius 1 is 1.13 bits per heavy atom. The van der Waals surface area contributed by atoms with Crippen LogP contribution in [0.2, 0.25) is 0 Å². The van der Waals surface area contributed by atoms with Gasteiger partial charge in [-0.25, -0.2) is 4.98 Å². The molecule has 1 saturated heterocycles. The normalized spacial score (nSPS) is 17.6. The van der Waals surface area contributed by atoms with Gasteiger partial charge in [-0.15, -0.1) is 11.3 Å². The van der Waals surface area contributed by atoms with Crippen molar-refractivity contribution in [3.63, 3.8) is 0 Å². The van der Waals surface area contributed by atoms with Crippen molar-refractivity contribution in [2.75, 3.05) is 51.2 Å². The van der Waals surface area contributed by atoms with Crippen molar-refractivity contribution in [2.45, 2.75) is 19.5 Å². The first-order valence-corrected chi connectivity index (χ1v) is 11.6. The highest BCUT2D eigenvalue weighted by atomic mass is 32.1. The van der Waals surface area contributed by atoms with Crippen molar-refractivity contribution >= 4 is 27.2 Å². The van der Waals surface area contributed by atoms with Crippen LogP contribution >= 0.6 is 11.3 Å². The number of benzene rings is 1. The number of thiophene rings is 1. The van der Waals surface area contributed by atoms with Gasteiger partial charge in [0.1, 0.15) is 10.9 Å². The number of aromatic nitrogens is 2. The smallest absolute Gasteiger partial charge is 0.262 e. The molecule has 0 unspecified atom stereocenters. The van der Waals surface area contributed by atoms with E-state index in [2.05, 4.69) is 32.8 Å². The first-order valence-electron chi connectivity index (χ1n) is 10.8. The third-order valence-electron chi connectivity index (χ3n) is 6.41. The van der Waals surface area contributed by atoms with E-state index in [9.17, 15) is 10.1 Å². The van der Waals surface area contributed by atoms with Gasteiger partial charge in [0.25, 0.3) is 5.56 Å². The molecule has 1 aromatic carbocycles. The van der Waals surface area contributed by atoms with Crippen molar-refractivity contribution in [1.82, 2.24) is 19.4 Å². The fraction of sp³-hybridized carbons (Fsp3) is 0.435. The highest BCUT2D eigenvalue weighted by molar-refractivity contribution is 7.18. The van der Waals surface area contributed by atoms with Crippen molar-refractivity contribution in [3.05, 3.63) is 57.0 Å². The topological polar surface area (TPSA) is 68.4 Å². The maximum absolute atomic E-state index is 13.2. The summed E-state index contributed by atoms with van der Waals surface area (Å²) < 4.78 is 1.78. The Morgan fingerprint density at radius 2 is 1.94 bits per heavy atom. The van der Waals surface area contributed by atoms with Crippen LogP contribution in [-0.2, 0) is 19.5 Å². The molecule has 5 rings (SSSR count). The summed E-state index contributed by atoms with van der Waals surface area (Å²) >= 11 is 1.67. The number of nitriles is 1. The quantitative estimate of drug-likeness (QED) is 0.627. The molecule has 0 aliphatic carbocycles. The van der Waals surface area contributed by atoms with Crippen molar-refractivity contribution in [3.8, 4) is 6.07 Å². The van der Waals surface area contributed by atoms with E-state index in [1.165, 1.54) is 10.4 Å². The molecule has 0 N–H and O–H groups in total. The van der Waals surface area contributed by atoms with Gasteiger partial charge in [0.2, 0.25) is 0 Å². The van der Waals surface area contributed by atoms with Crippen LogP contribution < -0.4 is 10.5 Å². The van der Waals surface area contributed by atoms with Gasteiger partial charge in [-0.3, -0.25) is 14.3 Å². The summed E-state index contributed by atoms with van der Waals surface area (Å²) in [5, 5.41) is 10.2. The summed E-state index contributed by atoms with van der Waals surface area (Å²) in [4.78, 5) is 26.9. The second-order valence-corrected chi connectivity index (χ2v) is 9.46. The van der Waals surface area contributed by atoms with Crippen LogP contribution in [-0.4, -0.2) is 65.7 Å². The Morgan fingerprint density at radius 3 is 2.74 bits per heavy atom. The average Bonchev–Trinajstić information content (AvgIpc) is 3.17. The number of para-hydroxylation sites is 1. The molecule has 0 atom stereocenters. The molecule has 4 heterocycles. The molecular formula is C23H26N6OS. The van der Waals surface area contributed by atoms with E-state index in [0.717, 1.165) is 73.7 Å². The average molecular weight is 435 g/mol. The van der Waals surface area contributed by atoms with Gasteiger partial charge in [-0.05, 0) is 31.2 Å². The number of anilines is 1. The fourth-order valence-corrected chi connectivity index (χ4v) is 5.87. The third-order valence-corrected chi connectivity index (χ3v) is 7.54. The monoisotopic (exact) mass is 434 g/mol. The Kier molecular flexibility index (Phi) is 5.48. The molecule has 0 radical (unpaired) electrons. The first kappa shape index (κ1) is 20.2. The minimum atomic E-state index is 0.105. The van der Waals surface area contributed by atoms with Gasteiger partial charge in [0, 0.05) is 57.2 Å². The lowest BCUT2D eigenvalue weighted by molar-refractivity contribution is 0.247. The van der Waals surface area contributed by atoms with Crippen LogP contribution in [0.3, 0.4) is 0 Å². The van der Waals surface area contributed by atoms with Gasteiger partial charge in [0.15, 0.2) is 0 Å². The van der Waals surface area contributed by atoms with E-state index in [1.54, 1.807) is 22.2 Å². The van der Waals surface area contributed by atoms with E-state index < -0.39 is 0 Å². The lowest BCUT2D eigenvalue weighted by Crippen LogP contribution is -2.47. The predicted molar refractivity (Wildman–Crippen MR) is 124 cm³/mol. The van der Waals surface area contributed by atoms with Gasteiger partial charge in [0.05, 0.1) is 23.0 Å². The van der Waals surface area contributed by atoms with E-state index in [4.69, 9.17) is 0 Å². The lowest BCUT2D eigenvalue weighted by atomic mass is 10.1. The number of nitrogens with zero attached hydrogens (tertiary/aromatic N) is 6. The van der Waals surface area contributed by atoms with Crippen LogP contribution in [0.25, 0.3) is 10.2 Å². The highest BCUT2D eigenvalue weighted by Crippen LogP contribution is 2.31. The minimum Gasteiger partial charge on any atom is -0.368 e. The molecule has 2 aromatic heterocycles. The second-order valence-electron chi connectivity index (χ2n) is 8.37. The van der Waals surface area contributed by atoms with Crippen LogP contribution in [0.4, 0.5) is 5.69 Å². The molecule has 2 aliphatic rings. The molecule has 1 fully saturated rings. The lowest BCUT2D eigenvalue weighted by Gasteiger charge is -2.36. The summed E-state index contributed by atoms with van der Waals surface area (Å²) in [5.41, 5.74) is 3.07. The largest absolute Gasteiger partial charge is 0.368 e. The Hall–Kier alpha value is -2.73. The van der Waals surface area contributed by atoms with E-state index in [0.29, 0.717) is 6.54 Å². The number of hydrogen-bond acceptors (Lipinski definition) is 7. The molecule has 0 amide bonds. The molecule has 3 aromatic rings. The third kappa shape index (κ3) is 3.85. The number of rotatable bonds is 4. The maximum atomic E-state index is 13.2. The van der Waals surface area contributed by atoms with Gasteiger partial charge in [-0.1, -0.05) is 12.1 Å². The molecular weight excluding hydrogens is 408 g/mol. The molecule has 8 heteroatoms. The second kappa shape index (κ2) is 8.42. The van der Waals surface area contributed by atoms with Crippen molar-refractivity contribution in [1.29, 1.82) is 5.26 Å². The summed E-state index contributed by atoms with van der Waals surface area (Å²) in [6.45, 7) is 7.00. The molecule has 160 valence electrons. The molecule has 0 spiro atoms. The highest BCUT2D eigenvalue weighted by Gasteiger charge is 2.23. The number of hydrogen-bond donors (Lipinski definition) is 0. The molecule has 0 bridgehead atoms. The molecule has 0 saturated carbocycles. The van der Waals surface area contributed by atoms with Gasteiger partial charge >= 0.3 is 0 Å². The first-order chi connectivity index (χ1) is 15.1. The molecule has 7 nitrogen and oxygen atoms in total. The Balaban J connectivity index is 1.25. The zero-order chi connectivity index (χ0) is 21.4. The molecule has 31 heavy (non-hydrogen) atoms. The zero-order valence-corrected chi connectivity index (χ0v) is 18.6. The van der Waals surface area contributed by atoms with Gasteiger partial charge < -0.3 is 9.80 Å². The van der Waals surface area contributed by atoms with Crippen LogP contribution in [0, 0.1) is 11.3 Å². The maximum Gasteiger partial charge on any atom is 0.262 e. The van der Waals surface area contributed by atoms with Crippen molar-refractivity contribution < 1.29 is 0 Å². The Bertz CT molecular complexity index is 1200. The zero-order valence-electron chi connectivity index (χ0n) is 17.8. The number of likely N-dealkylation sites (N-methyl/N-ethyl adjacent to an activating group) is 1.